The Morgan fingerprint density at radius 2 is 2.20 bits per heavy atom. The van der Waals surface area contributed by atoms with Crippen molar-refractivity contribution in [1.82, 2.24) is 4.57 Å². The minimum absolute atomic E-state index is 0.274. The number of ether oxygens (including phenoxy) is 1. The second-order valence-electron chi connectivity index (χ2n) is 4.35. The van der Waals surface area contributed by atoms with Crippen LogP contribution in [0.1, 0.15) is 28.5 Å². The maximum Gasteiger partial charge on any atom is 0.341 e. The van der Waals surface area contributed by atoms with Crippen LogP contribution in [0.15, 0.2) is 35.5 Å². The summed E-state index contributed by atoms with van der Waals surface area (Å²) in [5, 5.41) is 12.5. The molecule has 1 aliphatic rings. The molecule has 0 unspecified atom stereocenters. The molecule has 0 radical (unpaired) electrons. The van der Waals surface area contributed by atoms with Gasteiger partial charge >= 0.3 is 5.97 Å². The number of benzene rings is 1. The minimum Gasteiger partial charge on any atom is -0.462 e. The van der Waals surface area contributed by atoms with Crippen molar-refractivity contribution in [2.45, 2.75) is 6.92 Å². The predicted octanol–water partition coefficient (Wildman–Crippen LogP) is 1.78. The molecule has 0 atom stereocenters. The van der Waals surface area contributed by atoms with E-state index >= 15 is 0 Å². The van der Waals surface area contributed by atoms with Crippen LogP contribution in [0.5, 0.6) is 0 Å². The molecule has 3 N–H and O–H groups in total. The maximum absolute atomic E-state index is 11.9. The van der Waals surface area contributed by atoms with Crippen LogP contribution in [0, 0.1) is 0 Å². The summed E-state index contributed by atoms with van der Waals surface area (Å²) >= 11 is 0. The lowest BCUT2D eigenvalue weighted by atomic mass is 10.1. The number of nitrogen functional groups attached to an aromatic ring is 1. The van der Waals surface area contributed by atoms with Crippen molar-refractivity contribution in [2.75, 3.05) is 12.3 Å². The van der Waals surface area contributed by atoms with Gasteiger partial charge < -0.3 is 15.7 Å². The van der Waals surface area contributed by atoms with Crippen molar-refractivity contribution in [3.63, 3.8) is 0 Å². The largest absolute Gasteiger partial charge is 0.462 e. The monoisotopic (exact) mass is 271 g/mol. The number of nitrogens with two attached hydrogens (primary N) is 1. The number of para-hydroxylation sites is 1. The highest BCUT2D eigenvalue weighted by Crippen LogP contribution is 2.34. The zero-order chi connectivity index (χ0) is 14.3. The molecule has 2 heterocycles. The molecule has 0 spiro atoms. The van der Waals surface area contributed by atoms with Crippen LogP contribution in [-0.4, -0.2) is 28.1 Å². The molecule has 6 nitrogen and oxygen atoms in total. The zero-order valence-electron chi connectivity index (χ0n) is 10.8. The number of oxime groups is 1. The van der Waals surface area contributed by atoms with E-state index in [9.17, 15) is 10.0 Å². The summed E-state index contributed by atoms with van der Waals surface area (Å²) in [6, 6.07) is 8.97. The van der Waals surface area contributed by atoms with Gasteiger partial charge in [0.05, 0.1) is 18.0 Å². The van der Waals surface area contributed by atoms with Crippen molar-refractivity contribution in [2.24, 2.45) is 5.16 Å². The Hall–Kier alpha value is -2.76. The zero-order valence-corrected chi connectivity index (χ0v) is 10.8. The van der Waals surface area contributed by atoms with Crippen molar-refractivity contribution in [3.05, 3.63) is 47.2 Å². The van der Waals surface area contributed by atoms with Gasteiger partial charge in [0, 0.05) is 5.56 Å². The Balaban J connectivity index is 2.23. The molecule has 0 saturated carbocycles. The number of nitrogens with zero attached hydrogens (tertiary/aromatic N) is 2. The third kappa shape index (κ3) is 1.51. The fourth-order valence-electron chi connectivity index (χ4n) is 2.44. The maximum atomic E-state index is 11.9. The third-order valence-corrected chi connectivity index (χ3v) is 3.28. The summed E-state index contributed by atoms with van der Waals surface area (Å²) in [6.07, 6.45) is 0. The van der Waals surface area contributed by atoms with Gasteiger partial charge in [0.15, 0.2) is 0 Å². The van der Waals surface area contributed by atoms with Crippen LogP contribution < -0.4 is 5.73 Å². The van der Waals surface area contributed by atoms with Gasteiger partial charge in [-0.3, -0.25) is 4.57 Å². The van der Waals surface area contributed by atoms with Crippen molar-refractivity contribution >= 4 is 17.5 Å². The van der Waals surface area contributed by atoms with E-state index in [1.54, 1.807) is 17.6 Å². The molecule has 20 heavy (non-hydrogen) atoms. The molecule has 6 heteroatoms. The molecule has 3 rings (SSSR count). The molecule has 0 fully saturated rings. The lowest BCUT2D eigenvalue weighted by Crippen LogP contribution is -2.08. The molecular formula is C14H13N3O3. The first-order valence-electron chi connectivity index (χ1n) is 6.19. The number of hydrogen-bond acceptors (Lipinski definition) is 5. The topological polar surface area (TPSA) is 89.8 Å². The number of anilines is 1. The second kappa shape index (κ2) is 4.41. The summed E-state index contributed by atoms with van der Waals surface area (Å²) in [5.41, 5.74) is 8.84. The van der Waals surface area contributed by atoms with E-state index in [0.717, 1.165) is 11.3 Å². The standard InChI is InChI=1S/C14H13N3O3/c1-2-20-14(18)9-7-11-12(16-19)8-5-3-4-6-10(8)17(11)13(9)15/h3-7,19H,2,15H2,1H3. The normalized spacial score (nSPS) is 14.2. The average molecular weight is 271 g/mol. The van der Waals surface area contributed by atoms with E-state index < -0.39 is 5.97 Å². The fourth-order valence-corrected chi connectivity index (χ4v) is 2.44. The highest BCUT2D eigenvalue weighted by Gasteiger charge is 2.31. The van der Waals surface area contributed by atoms with E-state index in [1.165, 1.54) is 0 Å². The van der Waals surface area contributed by atoms with Gasteiger partial charge in [0.25, 0.3) is 0 Å². The molecule has 0 saturated heterocycles. The van der Waals surface area contributed by atoms with Gasteiger partial charge in [-0.2, -0.15) is 0 Å². The van der Waals surface area contributed by atoms with Crippen LogP contribution in [-0.2, 0) is 4.74 Å². The molecule has 1 aromatic heterocycles. The molecule has 2 aromatic rings. The average Bonchev–Trinajstić information content (AvgIpc) is 2.94. The Kier molecular flexibility index (Phi) is 2.71. The Morgan fingerprint density at radius 3 is 2.90 bits per heavy atom. The molecular weight excluding hydrogens is 258 g/mol. The van der Waals surface area contributed by atoms with Gasteiger partial charge in [0.2, 0.25) is 0 Å². The van der Waals surface area contributed by atoms with Crippen LogP contribution in [0.4, 0.5) is 5.82 Å². The minimum atomic E-state index is -0.485. The second-order valence-corrected chi connectivity index (χ2v) is 4.35. The number of fused-ring (bicyclic) bond motifs is 3. The van der Waals surface area contributed by atoms with Crippen LogP contribution in [0.2, 0.25) is 0 Å². The van der Waals surface area contributed by atoms with E-state index in [0.29, 0.717) is 11.4 Å². The molecule has 102 valence electrons. The van der Waals surface area contributed by atoms with Crippen molar-refractivity contribution < 1.29 is 14.7 Å². The smallest absolute Gasteiger partial charge is 0.341 e. The number of hydrogen-bond donors (Lipinski definition) is 2. The molecule has 0 bridgehead atoms. The highest BCUT2D eigenvalue weighted by atomic mass is 16.5. The molecule has 0 aliphatic carbocycles. The van der Waals surface area contributed by atoms with Gasteiger partial charge in [-0.05, 0) is 19.1 Å². The Morgan fingerprint density at radius 1 is 1.45 bits per heavy atom. The van der Waals surface area contributed by atoms with E-state index in [-0.39, 0.29) is 18.0 Å². The van der Waals surface area contributed by atoms with E-state index in [2.05, 4.69) is 5.16 Å². The lowest BCUT2D eigenvalue weighted by Gasteiger charge is -2.06. The van der Waals surface area contributed by atoms with Crippen LogP contribution >= 0.6 is 0 Å². The first-order valence-corrected chi connectivity index (χ1v) is 6.19. The highest BCUT2D eigenvalue weighted by molar-refractivity contribution is 6.19. The Labute approximate surface area is 115 Å². The Bertz CT molecular complexity index is 731. The van der Waals surface area contributed by atoms with Crippen molar-refractivity contribution in [3.8, 4) is 5.69 Å². The van der Waals surface area contributed by atoms with Gasteiger partial charge in [-0.15, -0.1) is 0 Å². The fraction of sp³-hybridized carbons (Fsp3) is 0.143. The summed E-state index contributed by atoms with van der Waals surface area (Å²) in [5.74, 6) is -0.203. The van der Waals surface area contributed by atoms with Gasteiger partial charge in [0.1, 0.15) is 17.1 Å². The predicted molar refractivity (Wildman–Crippen MR) is 73.6 cm³/mol. The summed E-state index contributed by atoms with van der Waals surface area (Å²) in [6.45, 7) is 2.00. The first kappa shape index (κ1) is 12.3. The van der Waals surface area contributed by atoms with E-state index in [1.807, 2.05) is 24.3 Å². The first-order chi connectivity index (χ1) is 9.69. The number of carbonyl (C=O) groups is 1. The van der Waals surface area contributed by atoms with Crippen molar-refractivity contribution in [1.29, 1.82) is 0 Å². The molecule has 1 aliphatic heterocycles. The molecule has 0 amide bonds. The van der Waals surface area contributed by atoms with Gasteiger partial charge in [-0.1, -0.05) is 23.4 Å². The van der Waals surface area contributed by atoms with Crippen LogP contribution in [0.3, 0.4) is 0 Å². The third-order valence-electron chi connectivity index (χ3n) is 3.28. The molecule has 1 aromatic carbocycles. The number of carbonyl (C=O) groups excluding carboxylic acids is 1. The van der Waals surface area contributed by atoms with Gasteiger partial charge in [-0.25, -0.2) is 4.79 Å². The summed E-state index contributed by atoms with van der Waals surface area (Å²) in [4.78, 5) is 11.9. The number of aromatic nitrogens is 1. The van der Waals surface area contributed by atoms with E-state index in [4.69, 9.17) is 10.5 Å². The number of esters is 1. The summed E-state index contributed by atoms with van der Waals surface area (Å²) < 4.78 is 6.66. The summed E-state index contributed by atoms with van der Waals surface area (Å²) in [7, 11) is 0. The number of rotatable bonds is 2. The quantitative estimate of drug-likeness (QED) is 0.422. The SMILES string of the molecule is CCOC(=O)c1cc2n(c1N)-c1ccccc1C2=NO. The lowest BCUT2D eigenvalue weighted by molar-refractivity contribution is 0.0528. The van der Waals surface area contributed by atoms with Crippen LogP contribution in [0.25, 0.3) is 5.69 Å².